The lowest BCUT2D eigenvalue weighted by atomic mass is 10.1. The molecule has 0 spiro atoms. The molecule has 136 valence electrons. The standard InChI is InChI=1S/C21H17ClN2O3/c1-27-17-10-7-14(8-11-17)20(25)24-19-13-15(9-12-18(19)22)21(26)23-16-5-3-2-4-6-16/h2-13H,1H3,(H,23,26)(H,24,25). The molecule has 0 aliphatic rings. The molecule has 0 aliphatic carbocycles. The van der Waals surface area contributed by atoms with Gasteiger partial charge in [0.15, 0.2) is 0 Å². The summed E-state index contributed by atoms with van der Waals surface area (Å²) in [5.74, 6) is 0.0298. The lowest BCUT2D eigenvalue weighted by Crippen LogP contribution is -2.15. The van der Waals surface area contributed by atoms with Gasteiger partial charge in [0, 0.05) is 16.8 Å². The number of rotatable bonds is 5. The number of nitrogens with one attached hydrogen (secondary N) is 2. The Labute approximate surface area is 161 Å². The zero-order chi connectivity index (χ0) is 19.2. The molecule has 3 aromatic carbocycles. The molecule has 0 unspecified atom stereocenters. The first-order valence-electron chi connectivity index (χ1n) is 8.18. The molecule has 5 nitrogen and oxygen atoms in total. The number of hydrogen-bond donors (Lipinski definition) is 2. The summed E-state index contributed by atoms with van der Waals surface area (Å²) in [7, 11) is 1.56. The van der Waals surface area contributed by atoms with Crippen LogP contribution in [-0.4, -0.2) is 18.9 Å². The Bertz CT molecular complexity index is 957. The SMILES string of the molecule is COc1ccc(C(=O)Nc2cc(C(=O)Nc3ccccc3)ccc2Cl)cc1. The van der Waals surface area contributed by atoms with E-state index in [0.717, 1.165) is 0 Å². The largest absolute Gasteiger partial charge is 0.497 e. The number of carbonyl (C=O) groups is 2. The number of ether oxygens (including phenoxy) is 1. The second-order valence-electron chi connectivity index (χ2n) is 5.70. The molecule has 0 aliphatic heterocycles. The maximum Gasteiger partial charge on any atom is 0.255 e. The molecule has 27 heavy (non-hydrogen) atoms. The summed E-state index contributed by atoms with van der Waals surface area (Å²) >= 11 is 6.17. The predicted octanol–water partition coefficient (Wildman–Crippen LogP) is 4.85. The molecule has 0 aromatic heterocycles. The van der Waals surface area contributed by atoms with Crippen molar-refractivity contribution in [3.05, 3.63) is 88.9 Å². The number of carbonyl (C=O) groups excluding carboxylic acids is 2. The van der Waals surface area contributed by atoms with Gasteiger partial charge in [0.05, 0.1) is 17.8 Å². The number of anilines is 2. The summed E-state index contributed by atoms with van der Waals surface area (Å²) in [5, 5.41) is 5.87. The minimum atomic E-state index is -0.333. The van der Waals surface area contributed by atoms with Gasteiger partial charge in [-0.3, -0.25) is 9.59 Å². The van der Waals surface area contributed by atoms with Crippen LogP contribution in [0.1, 0.15) is 20.7 Å². The van der Waals surface area contributed by atoms with E-state index in [0.29, 0.717) is 33.3 Å². The van der Waals surface area contributed by atoms with E-state index in [2.05, 4.69) is 10.6 Å². The van der Waals surface area contributed by atoms with Crippen LogP contribution >= 0.6 is 11.6 Å². The summed E-state index contributed by atoms with van der Waals surface area (Å²) in [6, 6.07) is 20.5. The van der Waals surface area contributed by atoms with Crippen molar-refractivity contribution in [3.8, 4) is 5.75 Å². The normalized spacial score (nSPS) is 10.1. The molecule has 0 atom stereocenters. The molecule has 0 fully saturated rings. The fourth-order valence-corrected chi connectivity index (χ4v) is 2.59. The number of para-hydroxylation sites is 1. The monoisotopic (exact) mass is 380 g/mol. The lowest BCUT2D eigenvalue weighted by molar-refractivity contribution is 0.101. The van der Waals surface area contributed by atoms with E-state index in [1.807, 2.05) is 18.2 Å². The Balaban J connectivity index is 1.76. The maximum absolute atomic E-state index is 12.4. The van der Waals surface area contributed by atoms with Gasteiger partial charge >= 0.3 is 0 Å². The van der Waals surface area contributed by atoms with E-state index < -0.39 is 0 Å². The summed E-state index contributed by atoms with van der Waals surface area (Å²) in [6.45, 7) is 0. The Morgan fingerprint density at radius 2 is 1.44 bits per heavy atom. The fraction of sp³-hybridized carbons (Fsp3) is 0.0476. The van der Waals surface area contributed by atoms with Crippen molar-refractivity contribution in [2.75, 3.05) is 17.7 Å². The van der Waals surface area contributed by atoms with Crippen LogP contribution in [0.4, 0.5) is 11.4 Å². The summed E-state index contributed by atoms with van der Waals surface area (Å²) in [5.41, 5.74) is 1.87. The molecule has 2 N–H and O–H groups in total. The highest BCUT2D eigenvalue weighted by Crippen LogP contribution is 2.24. The second-order valence-corrected chi connectivity index (χ2v) is 6.10. The molecule has 0 radical (unpaired) electrons. The van der Waals surface area contributed by atoms with Crippen molar-refractivity contribution in [1.82, 2.24) is 0 Å². The molecular weight excluding hydrogens is 364 g/mol. The van der Waals surface area contributed by atoms with Crippen LogP contribution in [0.2, 0.25) is 5.02 Å². The van der Waals surface area contributed by atoms with Crippen molar-refractivity contribution >= 4 is 34.8 Å². The van der Waals surface area contributed by atoms with Crippen molar-refractivity contribution in [2.24, 2.45) is 0 Å². The Hall–Kier alpha value is -3.31. The van der Waals surface area contributed by atoms with Gasteiger partial charge in [-0.15, -0.1) is 0 Å². The Morgan fingerprint density at radius 3 is 2.11 bits per heavy atom. The van der Waals surface area contributed by atoms with Crippen LogP contribution in [0, 0.1) is 0 Å². The molecular formula is C21H17ClN2O3. The quantitative estimate of drug-likeness (QED) is 0.664. The van der Waals surface area contributed by atoms with Crippen molar-refractivity contribution in [3.63, 3.8) is 0 Å². The number of methoxy groups -OCH3 is 1. The van der Waals surface area contributed by atoms with Crippen LogP contribution < -0.4 is 15.4 Å². The van der Waals surface area contributed by atoms with E-state index in [-0.39, 0.29) is 11.8 Å². The fourth-order valence-electron chi connectivity index (χ4n) is 2.42. The summed E-state index contributed by atoms with van der Waals surface area (Å²) in [4.78, 5) is 24.9. The average Bonchev–Trinajstić information content (AvgIpc) is 2.70. The van der Waals surface area contributed by atoms with Gasteiger partial charge in [-0.05, 0) is 54.6 Å². The van der Waals surface area contributed by atoms with Crippen molar-refractivity contribution in [2.45, 2.75) is 0 Å². The minimum absolute atomic E-state index is 0.294. The van der Waals surface area contributed by atoms with Gasteiger partial charge in [-0.25, -0.2) is 0 Å². The number of amides is 2. The van der Waals surface area contributed by atoms with Crippen LogP contribution in [0.25, 0.3) is 0 Å². The summed E-state index contributed by atoms with van der Waals surface area (Å²) in [6.07, 6.45) is 0. The van der Waals surface area contributed by atoms with Gasteiger partial charge in [0.25, 0.3) is 11.8 Å². The Morgan fingerprint density at radius 1 is 0.815 bits per heavy atom. The third-order valence-electron chi connectivity index (χ3n) is 3.86. The third-order valence-corrected chi connectivity index (χ3v) is 4.19. The third kappa shape index (κ3) is 4.65. The van der Waals surface area contributed by atoms with E-state index in [9.17, 15) is 9.59 Å². The Kier molecular flexibility index (Phi) is 5.74. The molecule has 0 heterocycles. The van der Waals surface area contributed by atoms with Gasteiger partial charge in [0.1, 0.15) is 5.75 Å². The highest BCUT2D eigenvalue weighted by Gasteiger charge is 2.13. The average molecular weight is 381 g/mol. The molecule has 3 rings (SSSR count). The van der Waals surface area contributed by atoms with Gasteiger partial charge in [0.2, 0.25) is 0 Å². The van der Waals surface area contributed by atoms with E-state index in [1.54, 1.807) is 61.7 Å². The number of hydrogen-bond acceptors (Lipinski definition) is 3. The highest BCUT2D eigenvalue weighted by atomic mass is 35.5. The smallest absolute Gasteiger partial charge is 0.255 e. The first-order valence-corrected chi connectivity index (χ1v) is 8.56. The molecule has 3 aromatic rings. The van der Waals surface area contributed by atoms with Crippen LogP contribution in [-0.2, 0) is 0 Å². The van der Waals surface area contributed by atoms with Crippen LogP contribution in [0.3, 0.4) is 0 Å². The predicted molar refractivity (Wildman–Crippen MR) is 107 cm³/mol. The second kappa shape index (κ2) is 8.38. The molecule has 0 bridgehead atoms. The zero-order valence-electron chi connectivity index (χ0n) is 14.5. The maximum atomic E-state index is 12.4. The molecule has 0 saturated heterocycles. The zero-order valence-corrected chi connectivity index (χ0v) is 15.3. The van der Waals surface area contributed by atoms with E-state index in [4.69, 9.17) is 16.3 Å². The van der Waals surface area contributed by atoms with Gasteiger partial charge in [-0.1, -0.05) is 29.8 Å². The highest BCUT2D eigenvalue weighted by molar-refractivity contribution is 6.34. The lowest BCUT2D eigenvalue weighted by Gasteiger charge is -2.10. The summed E-state index contributed by atoms with van der Waals surface area (Å²) < 4.78 is 5.08. The van der Waals surface area contributed by atoms with Crippen LogP contribution in [0.15, 0.2) is 72.8 Å². The number of benzene rings is 3. The van der Waals surface area contributed by atoms with Crippen molar-refractivity contribution in [1.29, 1.82) is 0 Å². The van der Waals surface area contributed by atoms with Crippen LogP contribution in [0.5, 0.6) is 5.75 Å². The molecule has 6 heteroatoms. The first kappa shape index (κ1) is 18.5. The van der Waals surface area contributed by atoms with Crippen molar-refractivity contribution < 1.29 is 14.3 Å². The molecule has 2 amide bonds. The van der Waals surface area contributed by atoms with Gasteiger partial charge < -0.3 is 15.4 Å². The van der Waals surface area contributed by atoms with E-state index >= 15 is 0 Å². The molecule has 0 saturated carbocycles. The number of halogens is 1. The van der Waals surface area contributed by atoms with Gasteiger partial charge in [-0.2, -0.15) is 0 Å². The topological polar surface area (TPSA) is 67.4 Å². The van der Waals surface area contributed by atoms with E-state index in [1.165, 1.54) is 0 Å². The first-order chi connectivity index (χ1) is 13.1. The minimum Gasteiger partial charge on any atom is -0.497 e.